The fourth-order valence-electron chi connectivity index (χ4n) is 4.04. The van der Waals surface area contributed by atoms with Crippen LogP contribution in [0, 0.1) is 17.4 Å². The summed E-state index contributed by atoms with van der Waals surface area (Å²) in [7, 11) is 1.62. The predicted octanol–water partition coefficient (Wildman–Crippen LogP) is 8.30. The number of carbonyl (C=O) groups excluding carboxylic acids is 1. The highest BCUT2D eigenvalue weighted by Crippen LogP contribution is 2.40. The Bertz CT molecular complexity index is 1550. The standard InChI is InChI=1S/C32H27IN2O3S/c1-21-9-13-25(14-10-21)34-32-35(26-15-11-22(2)12-16-26)31(36)29(39-32)19-24-17-27(33)30(28(18-24)37-3)38-20-23-7-5-4-6-8-23/h4-19H,20H2,1-3H3/b29-19-,34-32?. The van der Waals surface area contributed by atoms with E-state index in [1.54, 1.807) is 12.0 Å². The molecule has 1 aliphatic rings. The zero-order valence-corrected chi connectivity index (χ0v) is 24.8. The van der Waals surface area contributed by atoms with Gasteiger partial charge in [0.05, 0.1) is 27.0 Å². The van der Waals surface area contributed by atoms with E-state index in [9.17, 15) is 4.79 Å². The molecule has 5 rings (SSSR count). The highest BCUT2D eigenvalue weighted by Gasteiger charge is 2.35. The van der Waals surface area contributed by atoms with E-state index in [4.69, 9.17) is 14.5 Å². The molecule has 5 nitrogen and oxygen atoms in total. The van der Waals surface area contributed by atoms with Crippen LogP contribution in [0.2, 0.25) is 0 Å². The van der Waals surface area contributed by atoms with Crippen molar-refractivity contribution in [2.24, 2.45) is 4.99 Å². The van der Waals surface area contributed by atoms with Gasteiger partial charge in [0.15, 0.2) is 16.7 Å². The Hall–Kier alpha value is -3.56. The van der Waals surface area contributed by atoms with Gasteiger partial charge >= 0.3 is 0 Å². The molecule has 39 heavy (non-hydrogen) atoms. The maximum absolute atomic E-state index is 13.7. The Kier molecular flexibility index (Phi) is 8.38. The van der Waals surface area contributed by atoms with Gasteiger partial charge in [-0.1, -0.05) is 65.7 Å². The molecule has 0 N–H and O–H groups in total. The number of carbonyl (C=O) groups is 1. The zero-order chi connectivity index (χ0) is 27.4. The maximum atomic E-state index is 13.7. The van der Waals surface area contributed by atoms with Crippen LogP contribution < -0.4 is 14.4 Å². The molecule has 0 bridgehead atoms. The van der Waals surface area contributed by atoms with Gasteiger partial charge in [0.25, 0.3) is 5.91 Å². The average molecular weight is 647 g/mol. The zero-order valence-electron chi connectivity index (χ0n) is 21.9. The van der Waals surface area contributed by atoms with Crippen molar-refractivity contribution in [3.63, 3.8) is 0 Å². The molecule has 0 aromatic heterocycles. The number of aryl methyl sites for hydroxylation is 2. The summed E-state index contributed by atoms with van der Waals surface area (Å²) in [6.07, 6.45) is 1.89. The molecular weight excluding hydrogens is 619 g/mol. The van der Waals surface area contributed by atoms with Crippen molar-refractivity contribution in [3.8, 4) is 11.5 Å². The molecule has 1 saturated heterocycles. The monoisotopic (exact) mass is 646 g/mol. The van der Waals surface area contributed by atoms with E-state index in [2.05, 4.69) is 22.6 Å². The summed E-state index contributed by atoms with van der Waals surface area (Å²) in [6.45, 7) is 4.50. The number of nitrogens with zero attached hydrogens (tertiary/aromatic N) is 2. The van der Waals surface area contributed by atoms with Gasteiger partial charge in [0.2, 0.25) is 0 Å². The number of hydrogen-bond donors (Lipinski definition) is 0. The number of thioether (sulfide) groups is 1. The van der Waals surface area contributed by atoms with Crippen molar-refractivity contribution >= 4 is 62.9 Å². The summed E-state index contributed by atoms with van der Waals surface area (Å²) >= 11 is 3.61. The number of halogens is 1. The third-order valence-electron chi connectivity index (χ3n) is 6.13. The van der Waals surface area contributed by atoms with Gasteiger partial charge in [-0.05, 0) is 102 Å². The quantitative estimate of drug-likeness (QED) is 0.150. The SMILES string of the molecule is COc1cc(/C=C2\SC(=Nc3ccc(C)cc3)N(c3ccc(C)cc3)C2=O)cc(I)c1OCc1ccccc1. The predicted molar refractivity (Wildman–Crippen MR) is 169 cm³/mol. The van der Waals surface area contributed by atoms with Gasteiger partial charge in [-0.2, -0.15) is 0 Å². The van der Waals surface area contributed by atoms with Gasteiger partial charge in [0, 0.05) is 0 Å². The molecule has 1 aliphatic heterocycles. The van der Waals surface area contributed by atoms with Gasteiger partial charge in [-0.15, -0.1) is 0 Å². The Morgan fingerprint density at radius 2 is 1.59 bits per heavy atom. The second kappa shape index (κ2) is 12.1. The van der Waals surface area contributed by atoms with Gasteiger partial charge in [0.1, 0.15) is 6.61 Å². The van der Waals surface area contributed by atoms with Crippen LogP contribution in [0.3, 0.4) is 0 Å². The van der Waals surface area contributed by atoms with Gasteiger partial charge in [-0.25, -0.2) is 4.99 Å². The molecular formula is C32H27IN2O3S. The molecule has 0 unspecified atom stereocenters. The molecule has 1 fully saturated rings. The van der Waals surface area contributed by atoms with Crippen molar-refractivity contribution in [1.29, 1.82) is 0 Å². The lowest BCUT2D eigenvalue weighted by atomic mass is 10.1. The van der Waals surface area contributed by atoms with E-state index in [1.165, 1.54) is 11.8 Å². The minimum Gasteiger partial charge on any atom is -0.493 e. The summed E-state index contributed by atoms with van der Waals surface area (Å²) in [5.74, 6) is 1.18. The van der Waals surface area contributed by atoms with Gasteiger partial charge < -0.3 is 9.47 Å². The molecule has 4 aromatic rings. The summed E-state index contributed by atoms with van der Waals surface area (Å²) in [5.41, 5.74) is 5.78. The summed E-state index contributed by atoms with van der Waals surface area (Å²) in [6, 6.07) is 29.8. The van der Waals surface area contributed by atoms with E-state index in [0.29, 0.717) is 28.2 Å². The highest BCUT2D eigenvalue weighted by molar-refractivity contribution is 14.1. The summed E-state index contributed by atoms with van der Waals surface area (Å²) < 4.78 is 12.7. The van der Waals surface area contributed by atoms with E-state index in [-0.39, 0.29) is 5.91 Å². The number of aliphatic imine (C=N–C) groups is 1. The third kappa shape index (κ3) is 6.37. The third-order valence-corrected chi connectivity index (χ3v) is 7.90. The van der Waals surface area contributed by atoms with Gasteiger partial charge in [-0.3, -0.25) is 9.69 Å². The number of rotatable bonds is 7. The molecule has 0 aliphatic carbocycles. The number of anilines is 1. The fraction of sp³-hybridized carbons (Fsp3) is 0.125. The van der Waals surface area contributed by atoms with Crippen LogP contribution in [-0.4, -0.2) is 18.2 Å². The molecule has 1 amide bonds. The molecule has 0 spiro atoms. The van der Waals surface area contributed by atoms with Crippen molar-refractivity contribution < 1.29 is 14.3 Å². The minimum absolute atomic E-state index is 0.118. The molecule has 7 heteroatoms. The Morgan fingerprint density at radius 1 is 0.923 bits per heavy atom. The molecule has 0 radical (unpaired) electrons. The topological polar surface area (TPSA) is 51.1 Å². The Balaban J connectivity index is 1.48. The summed E-state index contributed by atoms with van der Waals surface area (Å²) in [5, 5.41) is 0.614. The normalized spacial score (nSPS) is 15.3. The van der Waals surface area contributed by atoms with Crippen LogP contribution in [0.1, 0.15) is 22.3 Å². The lowest BCUT2D eigenvalue weighted by Gasteiger charge is -2.16. The van der Waals surface area contributed by atoms with Crippen LogP contribution in [0.5, 0.6) is 11.5 Å². The molecule has 0 saturated carbocycles. The first-order valence-corrected chi connectivity index (χ1v) is 14.3. The number of hydrogen-bond acceptors (Lipinski definition) is 5. The van der Waals surface area contributed by atoms with E-state index in [0.717, 1.165) is 37.2 Å². The number of amides is 1. The van der Waals surface area contributed by atoms with E-state index < -0.39 is 0 Å². The average Bonchev–Trinajstić information content (AvgIpc) is 3.24. The first kappa shape index (κ1) is 27.0. The fourth-order valence-corrected chi connectivity index (χ4v) is 5.83. The van der Waals surface area contributed by atoms with E-state index >= 15 is 0 Å². The molecule has 1 heterocycles. The van der Waals surface area contributed by atoms with Crippen molar-refractivity contribution in [1.82, 2.24) is 0 Å². The van der Waals surface area contributed by atoms with Crippen LogP contribution >= 0.6 is 34.4 Å². The maximum Gasteiger partial charge on any atom is 0.271 e. The second-order valence-corrected chi connectivity index (χ2v) is 11.3. The Labute approximate surface area is 246 Å². The first-order valence-electron chi connectivity index (χ1n) is 12.4. The van der Waals surface area contributed by atoms with Crippen molar-refractivity contribution in [2.75, 3.05) is 12.0 Å². The summed E-state index contributed by atoms with van der Waals surface area (Å²) in [4.78, 5) is 20.8. The van der Waals surface area contributed by atoms with Crippen LogP contribution in [-0.2, 0) is 11.4 Å². The second-order valence-electron chi connectivity index (χ2n) is 9.13. The first-order chi connectivity index (χ1) is 18.9. The number of methoxy groups -OCH3 is 1. The van der Waals surface area contributed by atoms with E-state index in [1.807, 2.05) is 111 Å². The van der Waals surface area contributed by atoms with Crippen LogP contribution in [0.15, 0.2) is 101 Å². The Morgan fingerprint density at radius 3 is 2.26 bits per heavy atom. The molecule has 0 atom stereocenters. The lowest BCUT2D eigenvalue weighted by molar-refractivity contribution is -0.113. The lowest BCUT2D eigenvalue weighted by Crippen LogP contribution is -2.28. The minimum atomic E-state index is -0.118. The number of benzene rings is 4. The largest absolute Gasteiger partial charge is 0.493 e. The number of ether oxygens (including phenoxy) is 2. The molecule has 4 aromatic carbocycles. The smallest absolute Gasteiger partial charge is 0.271 e. The van der Waals surface area contributed by atoms with Crippen molar-refractivity contribution in [2.45, 2.75) is 20.5 Å². The van der Waals surface area contributed by atoms with Crippen molar-refractivity contribution in [3.05, 3.63) is 122 Å². The number of amidine groups is 1. The molecule has 196 valence electrons. The van der Waals surface area contributed by atoms with Crippen LogP contribution in [0.4, 0.5) is 11.4 Å². The van der Waals surface area contributed by atoms with Crippen LogP contribution in [0.25, 0.3) is 6.08 Å². The highest BCUT2D eigenvalue weighted by atomic mass is 127.